The lowest BCUT2D eigenvalue weighted by Gasteiger charge is -2.36. The van der Waals surface area contributed by atoms with E-state index in [1.54, 1.807) is 6.92 Å². The van der Waals surface area contributed by atoms with Crippen molar-refractivity contribution in [3.63, 3.8) is 0 Å². The maximum absolute atomic E-state index is 11.5. The summed E-state index contributed by atoms with van der Waals surface area (Å²) >= 11 is 0. The third-order valence-electron chi connectivity index (χ3n) is 5.41. The Hall–Kier alpha value is -1.62. The first-order valence-electron chi connectivity index (χ1n) is 10.2. The van der Waals surface area contributed by atoms with Crippen LogP contribution in [-0.2, 0) is 11.3 Å². The van der Waals surface area contributed by atoms with Crippen molar-refractivity contribution in [3.05, 3.63) is 23.9 Å². The van der Waals surface area contributed by atoms with Gasteiger partial charge in [-0.3, -0.25) is 4.79 Å². The van der Waals surface area contributed by atoms with E-state index in [4.69, 9.17) is 4.99 Å². The van der Waals surface area contributed by atoms with E-state index >= 15 is 0 Å². The highest BCUT2D eigenvalue weighted by Crippen LogP contribution is 2.15. The Balaban J connectivity index is 0.00000300. The zero-order valence-corrected chi connectivity index (χ0v) is 20.1. The molecule has 3 heterocycles. The largest absolute Gasteiger partial charge is 0.357 e. The molecule has 0 aliphatic carbocycles. The fraction of sp³-hybridized carbons (Fsp3) is 0.650. The first-order valence-corrected chi connectivity index (χ1v) is 10.2. The van der Waals surface area contributed by atoms with Crippen LogP contribution in [0.15, 0.2) is 23.3 Å². The molecule has 2 saturated heterocycles. The molecule has 0 saturated carbocycles. The van der Waals surface area contributed by atoms with E-state index in [2.05, 4.69) is 45.0 Å². The summed E-state index contributed by atoms with van der Waals surface area (Å²) in [5.41, 5.74) is 1.17. The van der Waals surface area contributed by atoms with Crippen molar-refractivity contribution >= 4 is 41.7 Å². The molecular weight excluding hydrogens is 481 g/mol. The van der Waals surface area contributed by atoms with Gasteiger partial charge < -0.3 is 24.9 Å². The van der Waals surface area contributed by atoms with E-state index in [1.165, 1.54) is 5.56 Å². The second-order valence-electron chi connectivity index (χ2n) is 7.48. The number of likely N-dealkylation sites (N-methyl/N-ethyl adjacent to an activating group) is 1. The van der Waals surface area contributed by atoms with Crippen LogP contribution in [0, 0.1) is 0 Å². The van der Waals surface area contributed by atoms with E-state index in [-0.39, 0.29) is 29.9 Å². The molecular formula is C20H34IN7O. The fourth-order valence-electron chi connectivity index (χ4n) is 3.59. The summed E-state index contributed by atoms with van der Waals surface area (Å²) < 4.78 is 0. The average molecular weight is 515 g/mol. The van der Waals surface area contributed by atoms with Gasteiger partial charge in [0.05, 0.1) is 6.54 Å². The summed E-state index contributed by atoms with van der Waals surface area (Å²) in [7, 11) is 2.16. The molecule has 2 fully saturated rings. The Kier molecular flexibility index (Phi) is 9.41. The van der Waals surface area contributed by atoms with Crippen molar-refractivity contribution in [2.24, 2.45) is 4.99 Å². The third-order valence-corrected chi connectivity index (χ3v) is 5.41. The van der Waals surface area contributed by atoms with Gasteiger partial charge in [-0.15, -0.1) is 24.0 Å². The molecule has 0 bridgehead atoms. The summed E-state index contributed by atoms with van der Waals surface area (Å²) in [6.45, 7) is 12.5. The number of guanidine groups is 1. The number of nitrogens with one attached hydrogen (secondary N) is 1. The first-order chi connectivity index (χ1) is 13.6. The number of nitrogens with zero attached hydrogens (tertiary/aromatic N) is 6. The predicted octanol–water partition coefficient (Wildman–Crippen LogP) is 1.08. The minimum atomic E-state index is 0. The molecule has 8 nitrogen and oxygen atoms in total. The van der Waals surface area contributed by atoms with Crippen LogP contribution in [0.4, 0.5) is 5.82 Å². The molecule has 3 rings (SSSR count). The highest BCUT2D eigenvalue weighted by atomic mass is 127. The fourth-order valence-corrected chi connectivity index (χ4v) is 3.59. The molecule has 29 heavy (non-hydrogen) atoms. The number of anilines is 1. The quantitative estimate of drug-likeness (QED) is 0.368. The average Bonchev–Trinajstić information content (AvgIpc) is 2.72. The minimum absolute atomic E-state index is 0. The van der Waals surface area contributed by atoms with E-state index < -0.39 is 0 Å². The third kappa shape index (κ3) is 6.70. The van der Waals surface area contributed by atoms with Gasteiger partial charge in [-0.1, -0.05) is 0 Å². The van der Waals surface area contributed by atoms with Gasteiger partial charge in [0.25, 0.3) is 0 Å². The van der Waals surface area contributed by atoms with E-state index in [0.29, 0.717) is 6.54 Å². The number of hydrogen-bond acceptors (Lipinski definition) is 5. The molecule has 0 atom stereocenters. The van der Waals surface area contributed by atoms with Crippen molar-refractivity contribution in [2.75, 3.05) is 70.9 Å². The Morgan fingerprint density at radius 1 is 1.10 bits per heavy atom. The maximum Gasteiger partial charge on any atom is 0.219 e. The summed E-state index contributed by atoms with van der Waals surface area (Å²) in [5.74, 6) is 2.11. The molecule has 2 aliphatic rings. The second-order valence-corrected chi connectivity index (χ2v) is 7.48. The zero-order chi connectivity index (χ0) is 19.9. The number of hydrogen-bond donors (Lipinski definition) is 1. The van der Waals surface area contributed by atoms with E-state index in [1.807, 2.05) is 17.2 Å². The number of carbonyl (C=O) groups is 1. The van der Waals surface area contributed by atoms with Gasteiger partial charge in [0, 0.05) is 72.0 Å². The summed E-state index contributed by atoms with van der Waals surface area (Å²) in [5, 5.41) is 3.39. The van der Waals surface area contributed by atoms with Crippen LogP contribution in [0.5, 0.6) is 0 Å². The van der Waals surface area contributed by atoms with Gasteiger partial charge in [-0.25, -0.2) is 9.98 Å². The highest BCUT2D eigenvalue weighted by molar-refractivity contribution is 14.0. The number of piperazine rings is 2. The number of carbonyl (C=O) groups excluding carboxylic acids is 1. The molecule has 0 radical (unpaired) electrons. The van der Waals surface area contributed by atoms with Crippen LogP contribution in [0.25, 0.3) is 0 Å². The molecule has 162 valence electrons. The van der Waals surface area contributed by atoms with Gasteiger partial charge in [-0.05, 0) is 31.7 Å². The first kappa shape index (κ1) is 23.7. The topological polar surface area (TPSA) is 67.3 Å². The number of aliphatic imine (C=N–C) groups is 1. The van der Waals surface area contributed by atoms with Crippen molar-refractivity contribution < 1.29 is 4.79 Å². The number of aromatic nitrogens is 1. The molecule has 0 aromatic carbocycles. The molecule has 1 amide bonds. The number of amides is 1. The van der Waals surface area contributed by atoms with E-state index in [9.17, 15) is 4.79 Å². The van der Waals surface area contributed by atoms with Crippen LogP contribution in [-0.4, -0.2) is 97.5 Å². The summed E-state index contributed by atoms with van der Waals surface area (Å²) in [6.07, 6.45) is 1.89. The smallest absolute Gasteiger partial charge is 0.219 e. The highest BCUT2D eigenvalue weighted by Gasteiger charge is 2.21. The Bertz CT molecular complexity index is 683. The van der Waals surface area contributed by atoms with Gasteiger partial charge in [0.1, 0.15) is 5.82 Å². The molecule has 1 aromatic rings. The lowest BCUT2D eigenvalue weighted by molar-refractivity contribution is -0.130. The van der Waals surface area contributed by atoms with Gasteiger partial charge in [-0.2, -0.15) is 0 Å². The number of pyridine rings is 1. The molecule has 1 aromatic heterocycles. The number of halogens is 1. The second kappa shape index (κ2) is 11.5. The maximum atomic E-state index is 11.5. The molecule has 2 aliphatic heterocycles. The van der Waals surface area contributed by atoms with Gasteiger partial charge in [0.15, 0.2) is 5.96 Å². The van der Waals surface area contributed by atoms with Crippen LogP contribution >= 0.6 is 24.0 Å². The molecule has 1 N–H and O–H groups in total. The normalized spacial score (nSPS) is 18.4. The standard InChI is InChI=1S/C20H33N7O.HI/c1-4-21-20(27-13-11-25(12-14-27)17(2)28)23-16-18-5-6-22-19(15-18)26-9-7-24(3)8-10-26;/h5-6,15H,4,7-14,16H2,1-3H3,(H,21,23);1H. The molecule has 0 spiro atoms. The van der Waals surface area contributed by atoms with Crippen molar-refractivity contribution in [1.82, 2.24) is 25.0 Å². The van der Waals surface area contributed by atoms with Crippen molar-refractivity contribution in [1.29, 1.82) is 0 Å². The Labute approximate surface area is 191 Å². The Morgan fingerprint density at radius 2 is 1.76 bits per heavy atom. The summed E-state index contributed by atoms with van der Waals surface area (Å²) in [6, 6.07) is 4.20. The molecule has 0 unspecified atom stereocenters. The van der Waals surface area contributed by atoms with Gasteiger partial charge >= 0.3 is 0 Å². The van der Waals surface area contributed by atoms with Crippen molar-refractivity contribution in [3.8, 4) is 0 Å². The zero-order valence-electron chi connectivity index (χ0n) is 17.8. The van der Waals surface area contributed by atoms with E-state index in [0.717, 1.165) is 70.7 Å². The predicted molar refractivity (Wildman–Crippen MR) is 128 cm³/mol. The lowest BCUT2D eigenvalue weighted by Crippen LogP contribution is -2.53. The SMILES string of the molecule is CCNC(=NCc1ccnc(N2CCN(C)CC2)c1)N1CCN(C(C)=O)CC1.I. The lowest BCUT2D eigenvalue weighted by atomic mass is 10.2. The monoisotopic (exact) mass is 515 g/mol. The number of rotatable bonds is 4. The van der Waals surface area contributed by atoms with Gasteiger partial charge in [0.2, 0.25) is 5.91 Å². The van der Waals surface area contributed by atoms with Crippen LogP contribution in [0.2, 0.25) is 0 Å². The van der Waals surface area contributed by atoms with Crippen LogP contribution in [0.3, 0.4) is 0 Å². The Morgan fingerprint density at radius 3 is 2.38 bits per heavy atom. The van der Waals surface area contributed by atoms with Crippen LogP contribution < -0.4 is 10.2 Å². The van der Waals surface area contributed by atoms with Crippen LogP contribution in [0.1, 0.15) is 19.4 Å². The van der Waals surface area contributed by atoms with Crippen molar-refractivity contribution in [2.45, 2.75) is 20.4 Å². The molecule has 9 heteroatoms. The summed E-state index contributed by atoms with van der Waals surface area (Å²) in [4.78, 5) is 29.8. The minimum Gasteiger partial charge on any atom is -0.357 e.